The molecule has 1 saturated heterocycles. The van der Waals surface area contributed by atoms with Gasteiger partial charge in [-0.05, 0) is 32.9 Å². The van der Waals surface area contributed by atoms with E-state index in [2.05, 4.69) is 18.3 Å². The summed E-state index contributed by atoms with van der Waals surface area (Å²) in [5, 5.41) is 3.40. The van der Waals surface area contributed by atoms with Crippen molar-refractivity contribution in [2.75, 3.05) is 13.2 Å². The van der Waals surface area contributed by atoms with Crippen LogP contribution < -0.4 is 5.32 Å². The fourth-order valence-corrected chi connectivity index (χ4v) is 2.48. The molecule has 3 nitrogen and oxygen atoms in total. The molecule has 0 spiro atoms. The summed E-state index contributed by atoms with van der Waals surface area (Å²) in [5.74, 6) is 0.192. The Morgan fingerprint density at radius 3 is 2.56 bits per heavy atom. The van der Waals surface area contributed by atoms with Crippen LogP contribution in [0.5, 0.6) is 0 Å². The monoisotopic (exact) mass is 247 g/mol. The largest absolute Gasteiger partial charge is 0.378 e. The molecule has 0 radical (unpaired) electrons. The molecule has 0 aliphatic carbocycles. The molecule has 1 aromatic carbocycles. The summed E-state index contributed by atoms with van der Waals surface area (Å²) in [7, 11) is 0. The van der Waals surface area contributed by atoms with Gasteiger partial charge < -0.3 is 10.1 Å². The number of hydrogen-bond acceptors (Lipinski definition) is 3. The molecule has 1 aliphatic rings. The molecule has 0 amide bonds. The van der Waals surface area contributed by atoms with Gasteiger partial charge in [-0.25, -0.2) is 0 Å². The van der Waals surface area contributed by atoms with Gasteiger partial charge in [-0.2, -0.15) is 0 Å². The summed E-state index contributed by atoms with van der Waals surface area (Å²) < 4.78 is 5.46. The van der Waals surface area contributed by atoms with E-state index in [0.717, 1.165) is 23.3 Å². The summed E-state index contributed by atoms with van der Waals surface area (Å²) >= 11 is 0. The number of nitrogens with one attached hydrogen (secondary N) is 1. The van der Waals surface area contributed by atoms with Crippen LogP contribution in [0.4, 0.5) is 0 Å². The number of morpholine rings is 1. The average Bonchev–Trinajstić information content (AvgIpc) is 2.27. The lowest BCUT2D eigenvalue weighted by molar-refractivity contribution is 0.0463. The van der Waals surface area contributed by atoms with Gasteiger partial charge in [0, 0.05) is 24.1 Å². The molecule has 2 unspecified atom stereocenters. The Balaban J connectivity index is 2.02. The van der Waals surface area contributed by atoms with Gasteiger partial charge in [0.1, 0.15) is 0 Å². The first-order valence-corrected chi connectivity index (χ1v) is 6.50. The highest BCUT2D eigenvalue weighted by atomic mass is 16.5. The predicted octanol–water partition coefficient (Wildman–Crippen LogP) is 2.25. The fourth-order valence-electron chi connectivity index (χ4n) is 2.48. The minimum atomic E-state index is 0.141. The van der Waals surface area contributed by atoms with Crippen LogP contribution in [0.25, 0.3) is 0 Å². The van der Waals surface area contributed by atoms with Crippen molar-refractivity contribution in [3.8, 4) is 0 Å². The number of carbonyl (C=O) groups excluding carboxylic acids is 1. The van der Waals surface area contributed by atoms with E-state index in [1.54, 1.807) is 0 Å². The minimum Gasteiger partial charge on any atom is -0.378 e. The van der Waals surface area contributed by atoms with Crippen molar-refractivity contribution < 1.29 is 9.53 Å². The van der Waals surface area contributed by atoms with Gasteiger partial charge in [-0.3, -0.25) is 4.79 Å². The van der Waals surface area contributed by atoms with Crippen LogP contribution in [0.1, 0.15) is 34.8 Å². The quantitative estimate of drug-likeness (QED) is 0.833. The number of hydrogen-bond donors (Lipinski definition) is 1. The summed E-state index contributed by atoms with van der Waals surface area (Å²) in [5.41, 5.74) is 3.09. The van der Waals surface area contributed by atoms with Gasteiger partial charge in [0.25, 0.3) is 0 Å². The lowest BCUT2D eigenvalue weighted by atomic mass is 9.99. The van der Waals surface area contributed by atoms with Gasteiger partial charge in [0.2, 0.25) is 0 Å². The Kier molecular flexibility index (Phi) is 4.15. The second kappa shape index (κ2) is 5.63. The van der Waals surface area contributed by atoms with Crippen LogP contribution >= 0.6 is 0 Å². The van der Waals surface area contributed by atoms with E-state index in [-0.39, 0.29) is 11.8 Å². The van der Waals surface area contributed by atoms with E-state index >= 15 is 0 Å². The molecule has 1 heterocycles. The molecule has 1 aromatic rings. The topological polar surface area (TPSA) is 38.3 Å². The molecule has 1 fully saturated rings. The highest BCUT2D eigenvalue weighted by Crippen LogP contribution is 2.13. The van der Waals surface area contributed by atoms with Crippen LogP contribution in [0.3, 0.4) is 0 Å². The van der Waals surface area contributed by atoms with Crippen LogP contribution in [-0.4, -0.2) is 31.1 Å². The lowest BCUT2D eigenvalue weighted by Crippen LogP contribution is -2.48. The maximum Gasteiger partial charge on any atom is 0.164 e. The van der Waals surface area contributed by atoms with Crippen LogP contribution in [0.2, 0.25) is 0 Å². The zero-order valence-electron chi connectivity index (χ0n) is 11.3. The predicted molar refractivity (Wildman–Crippen MR) is 72.1 cm³/mol. The Morgan fingerprint density at radius 1 is 1.28 bits per heavy atom. The number of carbonyl (C=O) groups is 1. The fraction of sp³-hybridized carbons (Fsp3) is 0.533. The summed E-state index contributed by atoms with van der Waals surface area (Å²) in [4.78, 5) is 12.2. The molecule has 0 saturated carbocycles. The van der Waals surface area contributed by atoms with E-state index in [9.17, 15) is 4.79 Å². The van der Waals surface area contributed by atoms with Gasteiger partial charge in [-0.15, -0.1) is 0 Å². The van der Waals surface area contributed by atoms with Crippen molar-refractivity contribution >= 4 is 5.78 Å². The molecule has 1 aliphatic heterocycles. The van der Waals surface area contributed by atoms with Crippen LogP contribution in [0.15, 0.2) is 18.2 Å². The number of aryl methyl sites for hydroxylation is 2. The van der Waals surface area contributed by atoms with Gasteiger partial charge >= 0.3 is 0 Å². The standard InChI is InChI=1S/C15H21NO2/c1-10-4-11(2)6-13(5-10)15(17)7-14-9-18-8-12(3)16-14/h4-6,12,14,16H,7-9H2,1-3H3. The third kappa shape index (κ3) is 3.40. The third-order valence-electron chi connectivity index (χ3n) is 3.18. The normalized spacial score (nSPS) is 23.9. The Labute approximate surface area is 109 Å². The SMILES string of the molecule is Cc1cc(C)cc(C(=O)CC2COCC(C)N2)c1. The Morgan fingerprint density at radius 2 is 1.94 bits per heavy atom. The number of Topliss-reactive ketones (excluding diaryl/α,β-unsaturated/α-hetero) is 1. The van der Waals surface area contributed by atoms with Crippen molar-refractivity contribution in [2.24, 2.45) is 0 Å². The van der Waals surface area contributed by atoms with Gasteiger partial charge in [0.05, 0.1) is 13.2 Å². The van der Waals surface area contributed by atoms with E-state index in [0.29, 0.717) is 19.1 Å². The first-order chi connectivity index (χ1) is 8.54. The number of ketones is 1. The van der Waals surface area contributed by atoms with E-state index in [1.165, 1.54) is 0 Å². The van der Waals surface area contributed by atoms with E-state index < -0.39 is 0 Å². The van der Waals surface area contributed by atoms with E-state index in [1.807, 2.05) is 26.0 Å². The number of rotatable bonds is 3. The molecular weight excluding hydrogens is 226 g/mol. The van der Waals surface area contributed by atoms with Crippen molar-refractivity contribution in [3.05, 3.63) is 34.9 Å². The highest BCUT2D eigenvalue weighted by molar-refractivity contribution is 5.96. The minimum absolute atomic E-state index is 0.141. The number of benzene rings is 1. The molecule has 2 atom stereocenters. The smallest absolute Gasteiger partial charge is 0.164 e. The molecular formula is C15H21NO2. The van der Waals surface area contributed by atoms with Gasteiger partial charge in [-0.1, -0.05) is 17.2 Å². The van der Waals surface area contributed by atoms with Crippen molar-refractivity contribution in [1.29, 1.82) is 0 Å². The first kappa shape index (κ1) is 13.2. The summed E-state index contributed by atoms with van der Waals surface area (Å²) in [6, 6.07) is 6.48. The summed E-state index contributed by atoms with van der Waals surface area (Å²) in [6.45, 7) is 7.48. The van der Waals surface area contributed by atoms with Crippen LogP contribution in [-0.2, 0) is 4.74 Å². The number of ether oxygens (including phenoxy) is 1. The Hall–Kier alpha value is -1.19. The molecule has 2 rings (SSSR count). The highest BCUT2D eigenvalue weighted by Gasteiger charge is 2.21. The molecule has 1 N–H and O–H groups in total. The lowest BCUT2D eigenvalue weighted by Gasteiger charge is -2.28. The zero-order valence-corrected chi connectivity index (χ0v) is 11.3. The average molecular weight is 247 g/mol. The zero-order chi connectivity index (χ0) is 13.1. The molecule has 0 aromatic heterocycles. The van der Waals surface area contributed by atoms with Crippen LogP contribution in [0, 0.1) is 13.8 Å². The molecule has 98 valence electrons. The second-order valence-electron chi connectivity index (χ2n) is 5.31. The summed E-state index contributed by atoms with van der Waals surface area (Å²) in [6.07, 6.45) is 0.507. The Bertz CT molecular complexity index is 422. The maximum absolute atomic E-state index is 12.2. The van der Waals surface area contributed by atoms with E-state index in [4.69, 9.17) is 4.74 Å². The van der Waals surface area contributed by atoms with Crippen molar-refractivity contribution in [1.82, 2.24) is 5.32 Å². The third-order valence-corrected chi connectivity index (χ3v) is 3.18. The molecule has 18 heavy (non-hydrogen) atoms. The maximum atomic E-state index is 12.2. The van der Waals surface area contributed by atoms with Gasteiger partial charge in [0.15, 0.2) is 5.78 Å². The molecule has 3 heteroatoms. The second-order valence-corrected chi connectivity index (χ2v) is 5.31. The van der Waals surface area contributed by atoms with Crippen molar-refractivity contribution in [3.63, 3.8) is 0 Å². The first-order valence-electron chi connectivity index (χ1n) is 6.50. The molecule has 0 bridgehead atoms. The van der Waals surface area contributed by atoms with Crippen molar-refractivity contribution in [2.45, 2.75) is 39.3 Å².